The van der Waals surface area contributed by atoms with Crippen LogP contribution in [-0.2, 0) is 20.9 Å². The Morgan fingerprint density at radius 3 is 2.44 bits per heavy atom. The summed E-state index contributed by atoms with van der Waals surface area (Å²) in [5.74, 6) is -0.228. The van der Waals surface area contributed by atoms with E-state index in [2.05, 4.69) is 0 Å². The fourth-order valence-corrected chi connectivity index (χ4v) is 3.78. The van der Waals surface area contributed by atoms with Crippen LogP contribution >= 0.6 is 11.8 Å². The van der Waals surface area contributed by atoms with E-state index < -0.39 is 17.1 Å². The molecule has 0 radical (unpaired) electrons. The number of carbonyl (C=O) groups excluding carboxylic acids is 3. The van der Waals surface area contributed by atoms with Crippen LogP contribution in [0.3, 0.4) is 0 Å². The number of thioether (sulfide) groups is 1. The number of ether oxygens (including phenoxy) is 1. The van der Waals surface area contributed by atoms with Crippen LogP contribution in [0.15, 0.2) is 24.3 Å². The minimum atomic E-state index is -0.679. The number of non-ortho nitro benzene ring substituents is 1. The minimum Gasteiger partial charge on any atom is -0.445 e. The van der Waals surface area contributed by atoms with Crippen LogP contribution in [-0.4, -0.2) is 63.8 Å². The molecule has 1 aliphatic rings. The van der Waals surface area contributed by atoms with Gasteiger partial charge in [-0.2, -0.15) is 0 Å². The standard InChI is InChI=1S/C17H21N3O6S/c1-11(21)27-14-8-15(16(22)18(2)3)19(9-14)17(23)26-10-12-4-6-13(7-5-12)20(24)25/h4-7,14-15H,8-10H2,1-3H3. The van der Waals surface area contributed by atoms with Gasteiger partial charge in [0.1, 0.15) is 12.6 Å². The van der Waals surface area contributed by atoms with Gasteiger partial charge in [-0.15, -0.1) is 0 Å². The number of nitrogens with zero attached hydrogens (tertiary/aromatic N) is 3. The number of likely N-dealkylation sites (tertiary alicyclic amines) is 1. The van der Waals surface area contributed by atoms with Crippen LogP contribution in [0.2, 0.25) is 0 Å². The number of hydrogen-bond donors (Lipinski definition) is 0. The maximum Gasteiger partial charge on any atom is 0.410 e. The summed E-state index contributed by atoms with van der Waals surface area (Å²) in [4.78, 5) is 49.1. The van der Waals surface area contributed by atoms with Gasteiger partial charge in [0.25, 0.3) is 5.69 Å². The number of likely N-dealkylation sites (N-methyl/N-ethyl adjacent to an activating group) is 1. The molecular formula is C17H21N3O6S. The molecule has 0 aromatic heterocycles. The minimum absolute atomic E-state index is 0.0506. The normalized spacial score (nSPS) is 18.9. The first-order chi connectivity index (χ1) is 12.7. The number of hydrogen-bond acceptors (Lipinski definition) is 7. The molecule has 9 nitrogen and oxygen atoms in total. The highest BCUT2D eigenvalue weighted by molar-refractivity contribution is 8.14. The van der Waals surface area contributed by atoms with Gasteiger partial charge in [-0.25, -0.2) is 4.79 Å². The van der Waals surface area contributed by atoms with Crippen molar-refractivity contribution in [3.63, 3.8) is 0 Å². The lowest BCUT2D eigenvalue weighted by atomic mass is 10.2. The highest BCUT2D eigenvalue weighted by Crippen LogP contribution is 2.29. The van der Waals surface area contributed by atoms with Crippen LogP contribution < -0.4 is 0 Å². The number of benzene rings is 1. The van der Waals surface area contributed by atoms with Crippen LogP contribution in [0.1, 0.15) is 18.9 Å². The molecule has 1 aromatic rings. The van der Waals surface area contributed by atoms with Crippen LogP contribution in [0.5, 0.6) is 0 Å². The van der Waals surface area contributed by atoms with Crippen molar-refractivity contribution in [2.45, 2.75) is 31.2 Å². The van der Waals surface area contributed by atoms with E-state index in [9.17, 15) is 24.5 Å². The van der Waals surface area contributed by atoms with Crippen molar-refractivity contribution in [3.05, 3.63) is 39.9 Å². The first kappa shape index (κ1) is 20.7. The Labute approximate surface area is 160 Å². The molecule has 2 amide bonds. The molecule has 1 heterocycles. The van der Waals surface area contributed by atoms with Gasteiger partial charge >= 0.3 is 6.09 Å². The third-order valence-electron chi connectivity index (χ3n) is 4.07. The molecule has 27 heavy (non-hydrogen) atoms. The van der Waals surface area contributed by atoms with Crippen molar-refractivity contribution in [1.82, 2.24) is 9.80 Å². The average Bonchev–Trinajstić information content (AvgIpc) is 3.02. The Morgan fingerprint density at radius 2 is 1.93 bits per heavy atom. The monoisotopic (exact) mass is 395 g/mol. The van der Waals surface area contributed by atoms with Gasteiger partial charge in [0.15, 0.2) is 5.12 Å². The van der Waals surface area contributed by atoms with Gasteiger partial charge < -0.3 is 9.64 Å². The van der Waals surface area contributed by atoms with E-state index >= 15 is 0 Å². The third-order valence-corrected chi connectivity index (χ3v) is 5.07. The molecule has 1 saturated heterocycles. The molecule has 0 bridgehead atoms. The Kier molecular flexibility index (Phi) is 6.78. The Morgan fingerprint density at radius 1 is 1.30 bits per heavy atom. The van der Waals surface area contributed by atoms with E-state index in [4.69, 9.17) is 4.74 Å². The largest absolute Gasteiger partial charge is 0.445 e. The molecule has 1 fully saturated rings. The maximum absolute atomic E-state index is 12.5. The molecular weight excluding hydrogens is 374 g/mol. The Hall–Kier alpha value is -2.62. The molecule has 2 unspecified atom stereocenters. The fraction of sp³-hybridized carbons (Fsp3) is 0.471. The molecule has 1 aliphatic heterocycles. The molecule has 0 spiro atoms. The van der Waals surface area contributed by atoms with E-state index in [1.165, 1.54) is 41.0 Å². The van der Waals surface area contributed by atoms with Crippen LogP contribution in [0.25, 0.3) is 0 Å². The SMILES string of the molecule is CC(=O)SC1CC(C(=O)N(C)C)N(C(=O)OCc2ccc([N+](=O)[O-])cc2)C1. The number of rotatable bonds is 5. The van der Waals surface area contributed by atoms with Crippen molar-refractivity contribution in [2.24, 2.45) is 0 Å². The topological polar surface area (TPSA) is 110 Å². The van der Waals surface area contributed by atoms with E-state index in [0.29, 0.717) is 12.0 Å². The summed E-state index contributed by atoms with van der Waals surface area (Å²) < 4.78 is 5.28. The molecule has 10 heteroatoms. The zero-order chi connectivity index (χ0) is 20.1. The fourth-order valence-electron chi connectivity index (χ4n) is 2.79. The lowest BCUT2D eigenvalue weighted by Gasteiger charge is -2.25. The summed E-state index contributed by atoms with van der Waals surface area (Å²) >= 11 is 1.11. The zero-order valence-corrected chi connectivity index (χ0v) is 16.1. The smallest absolute Gasteiger partial charge is 0.410 e. The quantitative estimate of drug-likeness (QED) is 0.554. The summed E-state index contributed by atoms with van der Waals surface area (Å²) in [6.45, 7) is 1.62. The van der Waals surface area contributed by atoms with E-state index in [1.807, 2.05) is 0 Å². The molecule has 0 N–H and O–H groups in total. The molecule has 2 atom stereocenters. The van der Waals surface area contributed by atoms with Gasteiger partial charge in [0.05, 0.1) is 4.92 Å². The van der Waals surface area contributed by atoms with Crippen molar-refractivity contribution in [1.29, 1.82) is 0 Å². The van der Waals surface area contributed by atoms with Gasteiger partial charge in [-0.05, 0) is 24.1 Å². The average molecular weight is 395 g/mol. The highest BCUT2D eigenvalue weighted by atomic mass is 32.2. The van der Waals surface area contributed by atoms with E-state index in [1.54, 1.807) is 14.1 Å². The predicted molar refractivity (Wildman–Crippen MR) is 99.1 cm³/mol. The lowest BCUT2D eigenvalue weighted by molar-refractivity contribution is -0.384. The first-order valence-corrected chi connectivity index (χ1v) is 9.12. The van der Waals surface area contributed by atoms with Crippen molar-refractivity contribution in [2.75, 3.05) is 20.6 Å². The van der Waals surface area contributed by atoms with Gasteiger partial charge in [0, 0.05) is 44.9 Å². The van der Waals surface area contributed by atoms with Crippen molar-refractivity contribution >= 4 is 34.6 Å². The molecule has 0 saturated carbocycles. The lowest BCUT2D eigenvalue weighted by Crippen LogP contribution is -2.45. The first-order valence-electron chi connectivity index (χ1n) is 8.24. The molecule has 1 aromatic carbocycles. The second-order valence-electron chi connectivity index (χ2n) is 6.35. The Balaban J connectivity index is 2.03. The number of amides is 2. The summed E-state index contributed by atoms with van der Waals surface area (Å²) in [6, 6.07) is 4.99. The maximum atomic E-state index is 12.5. The van der Waals surface area contributed by atoms with E-state index in [0.717, 1.165) is 11.8 Å². The van der Waals surface area contributed by atoms with Crippen molar-refractivity contribution < 1.29 is 24.0 Å². The Bertz CT molecular complexity index is 737. The van der Waals surface area contributed by atoms with Crippen LogP contribution in [0.4, 0.5) is 10.5 Å². The predicted octanol–water partition coefficient (Wildman–Crippen LogP) is 2.04. The van der Waals surface area contributed by atoms with Gasteiger partial charge in [-0.3, -0.25) is 24.6 Å². The highest BCUT2D eigenvalue weighted by Gasteiger charge is 2.41. The molecule has 146 valence electrons. The van der Waals surface area contributed by atoms with Crippen molar-refractivity contribution in [3.8, 4) is 0 Å². The third kappa shape index (κ3) is 5.43. The van der Waals surface area contributed by atoms with Crippen LogP contribution in [0, 0.1) is 10.1 Å². The molecule has 0 aliphatic carbocycles. The zero-order valence-electron chi connectivity index (χ0n) is 15.3. The number of nitro groups is 1. The van der Waals surface area contributed by atoms with Gasteiger partial charge in [-0.1, -0.05) is 11.8 Å². The number of carbonyl (C=O) groups is 3. The number of nitro benzene ring substituents is 1. The summed E-state index contributed by atoms with van der Waals surface area (Å²) in [5, 5.41) is 10.4. The summed E-state index contributed by atoms with van der Waals surface area (Å²) in [6.07, 6.45) is -0.270. The summed E-state index contributed by atoms with van der Waals surface area (Å²) in [5.41, 5.74) is 0.545. The van der Waals surface area contributed by atoms with Gasteiger partial charge in [0.2, 0.25) is 5.91 Å². The second-order valence-corrected chi connectivity index (χ2v) is 7.82. The van der Waals surface area contributed by atoms with E-state index in [-0.39, 0.29) is 35.1 Å². The molecule has 2 rings (SSSR count). The second kappa shape index (κ2) is 8.85. The summed E-state index contributed by atoms with van der Waals surface area (Å²) in [7, 11) is 3.21.